The molecule has 0 aliphatic carbocycles. The minimum Gasteiger partial charge on any atom is -0.496 e. The van der Waals surface area contributed by atoms with Gasteiger partial charge in [-0.1, -0.05) is 41.9 Å². The number of amides is 1. The topological polar surface area (TPSA) is 64.6 Å². The third-order valence-corrected chi connectivity index (χ3v) is 3.49. The second-order valence-corrected chi connectivity index (χ2v) is 5.16. The molecule has 2 rings (SSSR count). The normalized spacial score (nSPS) is 10.5. The molecule has 0 saturated carbocycles. The first kappa shape index (κ1) is 17.6. The van der Waals surface area contributed by atoms with Gasteiger partial charge in [-0.15, -0.1) is 0 Å². The van der Waals surface area contributed by atoms with Crippen LogP contribution in [0.4, 0.5) is 5.69 Å². The molecule has 0 unspecified atom stereocenters. The Hall–Kier alpha value is -2.79. The molecular formula is C18H16ClNO4. The van der Waals surface area contributed by atoms with E-state index in [9.17, 15) is 9.59 Å². The number of methoxy groups -OCH3 is 2. The lowest BCUT2D eigenvalue weighted by Crippen LogP contribution is -2.10. The van der Waals surface area contributed by atoms with Gasteiger partial charge in [0.15, 0.2) is 0 Å². The van der Waals surface area contributed by atoms with Crippen LogP contribution in [0.1, 0.15) is 15.9 Å². The van der Waals surface area contributed by atoms with Crippen molar-refractivity contribution < 1.29 is 19.1 Å². The zero-order chi connectivity index (χ0) is 17.5. The number of esters is 1. The van der Waals surface area contributed by atoms with Gasteiger partial charge in [0, 0.05) is 12.1 Å². The highest BCUT2D eigenvalue weighted by atomic mass is 35.5. The molecule has 0 atom stereocenters. The van der Waals surface area contributed by atoms with Gasteiger partial charge in [0.05, 0.1) is 24.9 Å². The van der Waals surface area contributed by atoms with Crippen molar-refractivity contribution in [2.45, 2.75) is 0 Å². The number of ether oxygens (including phenoxy) is 2. The van der Waals surface area contributed by atoms with E-state index in [0.717, 1.165) is 5.56 Å². The maximum Gasteiger partial charge on any atom is 0.341 e. The van der Waals surface area contributed by atoms with Crippen LogP contribution in [0.5, 0.6) is 5.75 Å². The Morgan fingerprint density at radius 2 is 1.83 bits per heavy atom. The SMILES string of the molecule is COC(=O)c1cc(Cl)c(NC(=O)/C=C/c2ccccc2)cc1OC. The Morgan fingerprint density at radius 3 is 2.46 bits per heavy atom. The lowest BCUT2D eigenvalue weighted by molar-refractivity contribution is -0.111. The summed E-state index contributed by atoms with van der Waals surface area (Å²) in [5.74, 6) is -0.669. The molecule has 1 N–H and O–H groups in total. The number of carbonyl (C=O) groups is 2. The zero-order valence-corrected chi connectivity index (χ0v) is 14.0. The van der Waals surface area contributed by atoms with Gasteiger partial charge in [-0.05, 0) is 17.7 Å². The van der Waals surface area contributed by atoms with Gasteiger partial charge in [-0.2, -0.15) is 0 Å². The number of hydrogen-bond donors (Lipinski definition) is 1. The molecule has 0 aromatic heterocycles. The van der Waals surface area contributed by atoms with Crippen molar-refractivity contribution in [3.8, 4) is 5.75 Å². The molecule has 0 radical (unpaired) electrons. The van der Waals surface area contributed by atoms with Crippen molar-refractivity contribution in [2.75, 3.05) is 19.5 Å². The summed E-state index contributed by atoms with van der Waals surface area (Å²) in [6.45, 7) is 0. The van der Waals surface area contributed by atoms with Crippen LogP contribution in [0.25, 0.3) is 6.08 Å². The highest BCUT2D eigenvalue weighted by Crippen LogP contribution is 2.31. The summed E-state index contributed by atoms with van der Waals surface area (Å²) in [7, 11) is 2.68. The predicted molar refractivity (Wildman–Crippen MR) is 93.4 cm³/mol. The average molecular weight is 346 g/mol. The average Bonchev–Trinajstić information content (AvgIpc) is 2.61. The van der Waals surface area contributed by atoms with Crippen molar-refractivity contribution in [1.29, 1.82) is 0 Å². The van der Waals surface area contributed by atoms with Crippen LogP contribution in [0.3, 0.4) is 0 Å². The van der Waals surface area contributed by atoms with Gasteiger partial charge in [0.25, 0.3) is 0 Å². The Balaban J connectivity index is 2.18. The van der Waals surface area contributed by atoms with Crippen molar-refractivity contribution >= 4 is 35.2 Å². The molecule has 0 aliphatic heterocycles. The quantitative estimate of drug-likeness (QED) is 0.661. The van der Waals surface area contributed by atoms with Crippen molar-refractivity contribution in [2.24, 2.45) is 0 Å². The first-order valence-electron chi connectivity index (χ1n) is 7.05. The van der Waals surface area contributed by atoms with Crippen LogP contribution in [-0.4, -0.2) is 26.1 Å². The van der Waals surface area contributed by atoms with E-state index in [4.69, 9.17) is 16.3 Å². The van der Waals surface area contributed by atoms with E-state index in [1.165, 1.54) is 32.4 Å². The number of anilines is 1. The van der Waals surface area contributed by atoms with Crippen molar-refractivity contribution in [1.82, 2.24) is 0 Å². The Kier molecular flexibility index (Phi) is 5.98. The van der Waals surface area contributed by atoms with Crippen LogP contribution < -0.4 is 10.1 Å². The standard InChI is InChI=1S/C18H16ClNO4/c1-23-16-11-15(14(19)10-13(16)18(22)24-2)20-17(21)9-8-12-6-4-3-5-7-12/h3-11H,1-2H3,(H,20,21)/b9-8+. The van der Waals surface area contributed by atoms with Crippen LogP contribution >= 0.6 is 11.6 Å². The van der Waals surface area contributed by atoms with Crippen LogP contribution in [0.2, 0.25) is 5.02 Å². The number of nitrogens with one attached hydrogen (secondary N) is 1. The molecule has 0 aliphatic rings. The molecule has 2 aromatic rings. The molecule has 6 heteroatoms. The smallest absolute Gasteiger partial charge is 0.341 e. The molecule has 1 amide bonds. The molecule has 124 valence electrons. The summed E-state index contributed by atoms with van der Waals surface area (Å²) < 4.78 is 9.81. The second-order valence-electron chi connectivity index (χ2n) is 4.76. The number of halogens is 1. The minimum atomic E-state index is -0.574. The van der Waals surface area contributed by atoms with Crippen LogP contribution in [0, 0.1) is 0 Å². The maximum absolute atomic E-state index is 12.0. The lowest BCUT2D eigenvalue weighted by atomic mass is 10.1. The molecule has 0 spiro atoms. The van der Waals surface area contributed by atoms with Gasteiger partial charge in [0.2, 0.25) is 5.91 Å². The summed E-state index contributed by atoms with van der Waals surface area (Å²) in [4.78, 5) is 23.7. The molecule has 0 fully saturated rings. The summed E-state index contributed by atoms with van der Waals surface area (Å²) in [6, 6.07) is 12.3. The predicted octanol–water partition coefficient (Wildman–Crippen LogP) is 3.79. The van der Waals surface area contributed by atoms with Gasteiger partial charge < -0.3 is 14.8 Å². The number of rotatable bonds is 5. The van der Waals surface area contributed by atoms with Gasteiger partial charge >= 0.3 is 5.97 Å². The largest absolute Gasteiger partial charge is 0.496 e. The summed E-state index contributed by atoms with van der Waals surface area (Å²) >= 11 is 6.12. The van der Waals surface area contributed by atoms with Gasteiger partial charge in [-0.3, -0.25) is 4.79 Å². The fraction of sp³-hybridized carbons (Fsp3) is 0.111. The lowest BCUT2D eigenvalue weighted by Gasteiger charge is -2.11. The Morgan fingerprint density at radius 1 is 1.12 bits per heavy atom. The molecule has 5 nitrogen and oxygen atoms in total. The third kappa shape index (κ3) is 4.36. The van der Waals surface area contributed by atoms with Gasteiger partial charge in [0.1, 0.15) is 11.3 Å². The second kappa shape index (κ2) is 8.17. The van der Waals surface area contributed by atoms with Crippen molar-refractivity contribution in [3.05, 3.63) is 64.7 Å². The number of carbonyl (C=O) groups excluding carboxylic acids is 2. The summed E-state index contributed by atoms with van der Waals surface area (Å²) in [5.41, 5.74) is 1.42. The van der Waals surface area contributed by atoms with Crippen LogP contribution in [-0.2, 0) is 9.53 Å². The van der Waals surface area contributed by atoms with E-state index in [2.05, 4.69) is 10.1 Å². The Bertz CT molecular complexity index is 772. The van der Waals surface area contributed by atoms with Crippen molar-refractivity contribution in [3.63, 3.8) is 0 Å². The fourth-order valence-corrected chi connectivity index (χ4v) is 2.21. The molecule has 2 aromatic carbocycles. The summed E-state index contributed by atoms with van der Waals surface area (Å²) in [6.07, 6.45) is 3.08. The molecule has 0 heterocycles. The van der Waals surface area contributed by atoms with Crippen LogP contribution in [0.15, 0.2) is 48.5 Å². The first-order chi connectivity index (χ1) is 11.5. The first-order valence-corrected chi connectivity index (χ1v) is 7.43. The zero-order valence-electron chi connectivity index (χ0n) is 13.2. The van der Waals surface area contributed by atoms with E-state index in [1.807, 2.05) is 30.3 Å². The van der Waals surface area contributed by atoms with E-state index >= 15 is 0 Å². The van der Waals surface area contributed by atoms with Gasteiger partial charge in [-0.25, -0.2) is 4.79 Å². The molecule has 0 bridgehead atoms. The number of hydrogen-bond acceptors (Lipinski definition) is 4. The molecule has 24 heavy (non-hydrogen) atoms. The highest BCUT2D eigenvalue weighted by Gasteiger charge is 2.17. The minimum absolute atomic E-state index is 0.183. The van der Waals surface area contributed by atoms with E-state index in [-0.39, 0.29) is 22.2 Å². The fourth-order valence-electron chi connectivity index (χ4n) is 2.00. The monoisotopic (exact) mass is 345 g/mol. The van der Waals surface area contributed by atoms with E-state index in [0.29, 0.717) is 5.69 Å². The molecular weight excluding hydrogens is 330 g/mol. The third-order valence-electron chi connectivity index (χ3n) is 3.18. The Labute approximate surface area is 144 Å². The van der Waals surface area contributed by atoms with E-state index < -0.39 is 5.97 Å². The molecule has 0 saturated heterocycles. The summed E-state index contributed by atoms with van der Waals surface area (Å²) in [5, 5.41) is 2.86. The van der Waals surface area contributed by atoms with E-state index in [1.54, 1.807) is 6.08 Å². The maximum atomic E-state index is 12.0. The number of benzene rings is 2. The highest BCUT2D eigenvalue weighted by molar-refractivity contribution is 6.34.